The van der Waals surface area contributed by atoms with E-state index in [2.05, 4.69) is 4.72 Å². The van der Waals surface area contributed by atoms with Crippen LogP contribution in [0, 0.1) is 0 Å². The van der Waals surface area contributed by atoms with Crippen LogP contribution in [0.1, 0.15) is 13.8 Å². The Balaban J connectivity index is 2.75. The predicted octanol–water partition coefficient (Wildman–Crippen LogP) is 1.88. The van der Waals surface area contributed by atoms with Crippen LogP contribution in [0.4, 0.5) is 5.69 Å². The van der Waals surface area contributed by atoms with Crippen LogP contribution >= 0.6 is 0 Å². The minimum Gasteiger partial charge on any atom is -0.506 e. The Morgan fingerprint density at radius 2 is 2.00 bits per heavy atom. The van der Waals surface area contributed by atoms with E-state index in [1.165, 1.54) is 0 Å². The SMILES string of the molecule is CC(C)S(=O)Nc1ccccc1O. The fraction of sp³-hybridized carbons (Fsp3) is 0.333. The molecule has 0 amide bonds. The highest BCUT2D eigenvalue weighted by Gasteiger charge is 2.06. The van der Waals surface area contributed by atoms with Gasteiger partial charge in [-0.15, -0.1) is 0 Å². The zero-order valence-corrected chi connectivity index (χ0v) is 8.47. The first kappa shape index (κ1) is 10.1. The second kappa shape index (κ2) is 4.28. The average molecular weight is 199 g/mol. The molecule has 3 nitrogen and oxygen atoms in total. The molecule has 0 radical (unpaired) electrons. The summed E-state index contributed by atoms with van der Waals surface area (Å²) >= 11 is 0. The number of aromatic hydroxyl groups is 1. The summed E-state index contributed by atoms with van der Waals surface area (Å²) in [4.78, 5) is 0. The molecule has 2 N–H and O–H groups in total. The van der Waals surface area contributed by atoms with Crippen LogP contribution in [0.2, 0.25) is 0 Å². The van der Waals surface area contributed by atoms with Gasteiger partial charge in [0.25, 0.3) is 0 Å². The second-order valence-electron chi connectivity index (χ2n) is 2.97. The number of nitrogens with one attached hydrogen (secondary N) is 1. The van der Waals surface area contributed by atoms with E-state index in [0.29, 0.717) is 5.69 Å². The van der Waals surface area contributed by atoms with Gasteiger partial charge in [-0.2, -0.15) is 0 Å². The number of hydrogen-bond acceptors (Lipinski definition) is 2. The van der Waals surface area contributed by atoms with E-state index in [-0.39, 0.29) is 11.0 Å². The van der Waals surface area contributed by atoms with E-state index >= 15 is 0 Å². The smallest absolute Gasteiger partial charge is 0.139 e. The van der Waals surface area contributed by atoms with E-state index in [1.54, 1.807) is 24.3 Å². The Hall–Kier alpha value is -1.03. The average Bonchev–Trinajstić information content (AvgIpc) is 2.08. The Morgan fingerprint density at radius 1 is 1.38 bits per heavy atom. The third kappa shape index (κ3) is 2.73. The molecule has 1 aromatic rings. The van der Waals surface area contributed by atoms with Crippen LogP contribution < -0.4 is 4.72 Å². The standard InChI is InChI=1S/C9H13NO2S/c1-7(2)13(12)10-8-5-3-4-6-9(8)11/h3-7,10-11H,1-2H3. The molecular weight excluding hydrogens is 186 g/mol. The minimum atomic E-state index is -1.14. The maximum atomic E-state index is 11.4. The molecule has 4 heteroatoms. The minimum absolute atomic E-state index is 0.0274. The van der Waals surface area contributed by atoms with Gasteiger partial charge in [0, 0.05) is 5.25 Å². The Kier molecular flexibility index (Phi) is 3.31. The lowest BCUT2D eigenvalue weighted by molar-refractivity contribution is 0.478. The van der Waals surface area contributed by atoms with Crippen molar-refractivity contribution in [3.63, 3.8) is 0 Å². The van der Waals surface area contributed by atoms with Crippen molar-refractivity contribution in [1.29, 1.82) is 0 Å². The molecule has 0 spiro atoms. The summed E-state index contributed by atoms with van der Waals surface area (Å²) in [7, 11) is -1.14. The van der Waals surface area contributed by atoms with E-state index in [1.807, 2.05) is 13.8 Å². The molecule has 0 saturated carbocycles. The first-order chi connectivity index (χ1) is 6.11. The van der Waals surface area contributed by atoms with Gasteiger partial charge in [0.2, 0.25) is 0 Å². The Bertz CT molecular complexity index is 312. The predicted molar refractivity (Wildman–Crippen MR) is 55.0 cm³/mol. The highest BCUT2D eigenvalue weighted by molar-refractivity contribution is 7.86. The number of phenols is 1. The van der Waals surface area contributed by atoms with Crippen molar-refractivity contribution >= 4 is 16.7 Å². The van der Waals surface area contributed by atoms with Crippen molar-refractivity contribution in [2.75, 3.05) is 4.72 Å². The number of para-hydroxylation sites is 2. The normalized spacial score (nSPS) is 12.8. The lowest BCUT2D eigenvalue weighted by Crippen LogP contribution is -2.14. The topological polar surface area (TPSA) is 49.3 Å². The van der Waals surface area contributed by atoms with Gasteiger partial charge in [0.1, 0.15) is 16.7 Å². The summed E-state index contributed by atoms with van der Waals surface area (Å²) in [6.45, 7) is 3.70. The maximum absolute atomic E-state index is 11.4. The molecule has 0 fully saturated rings. The molecule has 72 valence electrons. The molecule has 0 aliphatic carbocycles. The lowest BCUT2D eigenvalue weighted by atomic mass is 10.3. The van der Waals surface area contributed by atoms with E-state index < -0.39 is 11.0 Å². The van der Waals surface area contributed by atoms with Crippen LogP contribution in [0.3, 0.4) is 0 Å². The number of rotatable bonds is 3. The molecule has 0 aliphatic rings. The summed E-state index contributed by atoms with van der Waals surface area (Å²) in [6.07, 6.45) is 0. The lowest BCUT2D eigenvalue weighted by Gasteiger charge is -2.09. The van der Waals surface area contributed by atoms with E-state index in [9.17, 15) is 9.32 Å². The molecule has 1 aromatic carbocycles. The van der Waals surface area contributed by atoms with Gasteiger partial charge in [-0.1, -0.05) is 12.1 Å². The quantitative estimate of drug-likeness (QED) is 0.730. The van der Waals surface area contributed by atoms with Gasteiger partial charge >= 0.3 is 0 Å². The number of anilines is 1. The van der Waals surface area contributed by atoms with Gasteiger partial charge < -0.3 is 9.83 Å². The molecule has 13 heavy (non-hydrogen) atoms. The van der Waals surface area contributed by atoms with Crippen LogP contribution in [0.25, 0.3) is 0 Å². The molecule has 0 saturated heterocycles. The molecule has 0 aromatic heterocycles. The fourth-order valence-electron chi connectivity index (χ4n) is 0.786. The van der Waals surface area contributed by atoms with Crippen molar-refractivity contribution in [1.82, 2.24) is 0 Å². The number of phenolic OH excluding ortho intramolecular Hbond substituents is 1. The van der Waals surface area contributed by atoms with Gasteiger partial charge in [-0.25, -0.2) is 4.21 Å². The molecule has 1 unspecified atom stereocenters. The van der Waals surface area contributed by atoms with Crippen LogP contribution in [-0.2, 0) is 11.0 Å². The largest absolute Gasteiger partial charge is 0.506 e. The van der Waals surface area contributed by atoms with E-state index in [0.717, 1.165) is 0 Å². The molecule has 0 heterocycles. The summed E-state index contributed by atoms with van der Waals surface area (Å²) in [5.74, 6) is 0.122. The summed E-state index contributed by atoms with van der Waals surface area (Å²) < 4.78 is 14.1. The first-order valence-corrected chi connectivity index (χ1v) is 5.28. The molecule has 1 atom stereocenters. The van der Waals surface area contributed by atoms with Crippen LogP contribution in [-0.4, -0.2) is 14.6 Å². The zero-order valence-electron chi connectivity index (χ0n) is 7.65. The van der Waals surface area contributed by atoms with Gasteiger partial charge in [0.05, 0.1) is 5.69 Å². The Labute approximate surface area is 80.4 Å². The third-order valence-corrected chi connectivity index (χ3v) is 2.82. The van der Waals surface area contributed by atoms with Crippen molar-refractivity contribution in [3.05, 3.63) is 24.3 Å². The number of benzene rings is 1. The summed E-state index contributed by atoms with van der Waals surface area (Å²) in [6, 6.07) is 6.74. The third-order valence-electron chi connectivity index (χ3n) is 1.54. The van der Waals surface area contributed by atoms with Crippen molar-refractivity contribution in [3.8, 4) is 5.75 Å². The van der Waals surface area contributed by atoms with E-state index in [4.69, 9.17) is 0 Å². The van der Waals surface area contributed by atoms with Gasteiger partial charge in [-0.05, 0) is 26.0 Å². The zero-order chi connectivity index (χ0) is 9.84. The highest BCUT2D eigenvalue weighted by Crippen LogP contribution is 2.22. The summed E-state index contributed by atoms with van der Waals surface area (Å²) in [5, 5.41) is 9.37. The molecular formula is C9H13NO2S. The first-order valence-electron chi connectivity index (χ1n) is 4.06. The van der Waals surface area contributed by atoms with Crippen LogP contribution in [0.5, 0.6) is 5.75 Å². The Morgan fingerprint density at radius 3 is 2.54 bits per heavy atom. The van der Waals surface area contributed by atoms with Gasteiger partial charge in [-0.3, -0.25) is 0 Å². The fourth-order valence-corrected chi connectivity index (χ4v) is 1.41. The van der Waals surface area contributed by atoms with Gasteiger partial charge in [0.15, 0.2) is 0 Å². The highest BCUT2D eigenvalue weighted by atomic mass is 32.2. The number of hydrogen-bond donors (Lipinski definition) is 2. The van der Waals surface area contributed by atoms with Crippen molar-refractivity contribution < 1.29 is 9.32 Å². The molecule has 0 aliphatic heterocycles. The van der Waals surface area contributed by atoms with Crippen LogP contribution in [0.15, 0.2) is 24.3 Å². The monoisotopic (exact) mass is 199 g/mol. The summed E-state index contributed by atoms with van der Waals surface area (Å²) in [5.41, 5.74) is 0.509. The van der Waals surface area contributed by atoms with Crippen molar-refractivity contribution in [2.45, 2.75) is 19.1 Å². The van der Waals surface area contributed by atoms with Crippen molar-refractivity contribution in [2.24, 2.45) is 0 Å². The molecule has 0 bridgehead atoms. The second-order valence-corrected chi connectivity index (χ2v) is 4.71. The maximum Gasteiger partial charge on any atom is 0.139 e. The molecule has 1 rings (SSSR count).